The minimum absolute atomic E-state index is 0.0529. The van der Waals surface area contributed by atoms with Crippen molar-refractivity contribution >= 4 is 5.91 Å². The SMILES string of the molecule is C=CCNC(=O)C(C)N1CCN(Cc2noc(C)n2)CC1. The molecule has 7 nitrogen and oxygen atoms in total. The molecule has 1 saturated heterocycles. The molecule has 1 aromatic rings. The molecule has 0 bridgehead atoms. The van der Waals surface area contributed by atoms with E-state index in [1.54, 1.807) is 13.0 Å². The predicted octanol–water partition coefficient (Wildman–Crippen LogP) is 0.186. The summed E-state index contributed by atoms with van der Waals surface area (Å²) in [7, 11) is 0. The molecule has 2 rings (SSSR count). The number of carbonyl (C=O) groups is 1. The predicted molar refractivity (Wildman–Crippen MR) is 78.6 cm³/mol. The lowest BCUT2D eigenvalue weighted by atomic mass is 10.2. The van der Waals surface area contributed by atoms with Gasteiger partial charge in [0, 0.05) is 39.6 Å². The van der Waals surface area contributed by atoms with Gasteiger partial charge in [0.2, 0.25) is 11.8 Å². The van der Waals surface area contributed by atoms with E-state index in [1.165, 1.54) is 0 Å². The molecule has 1 unspecified atom stereocenters. The highest BCUT2D eigenvalue weighted by atomic mass is 16.5. The first kappa shape index (κ1) is 15.7. The van der Waals surface area contributed by atoms with E-state index in [0.717, 1.165) is 32.0 Å². The van der Waals surface area contributed by atoms with Crippen molar-refractivity contribution in [3.8, 4) is 0 Å². The summed E-state index contributed by atoms with van der Waals surface area (Å²) in [4.78, 5) is 20.6. The van der Waals surface area contributed by atoms with E-state index in [0.29, 0.717) is 19.0 Å². The minimum atomic E-state index is -0.112. The molecule has 2 heterocycles. The number of aryl methyl sites for hydroxylation is 1. The number of hydrogen-bond donors (Lipinski definition) is 1. The standard InChI is InChI=1S/C14H23N5O2/c1-4-5-15-14(20)11(2)19-8-6-18(7-9-19)10-13-16-12(3)21-17-13/h4,11H,1,5-10H2,2-3H3,(H,15,20). The van der Waals surface area contributed by atoms with E-state index < -0.39 is 0 Å². The molecule has 1 N–H and O–H groups in total. The topological polar surface area (TPSA) is 74.5 Å². The molecular formula is C14H23N5O2. The van der Waals surface area contributed by atoms with Crippen molar-refractivity contribution < 1.29 is 9.32 Å². The van der Waals surface area contributed by atoms with Crippen molar-refractivity contribution in [3.63, 3.8) is 0 Å². The third kappa shape index (κ3) is 4.37. The van der Waals surface area contributed by atoms with Crippen LogP contribution in [0, 0.1) is 6.92 Å². The first-order chi connectivity index (χ1) is 10.1. The van der Waals surface area contributed by atoms with Gasteiger partial charge in [-0.1, -0.05) is 11.2 Å². The summed E-state index contributed by atoms with van der Waals surface area (Å²) in [6.07, 6.45) is 1.69. The maximum absolute atomic E-state index is 11.9. The molecule has 1 aromatic heterocycles. The van der Waals surface area contributed by atoms with E-state index >= 15 is 0 Å². The van der Waals surface area contributed by atoms with E-state index in [9.17, 15) is 4.79 Å². The molecule has 1 amide bonds. The summed E-state index contributed by atoms with van der Waals surface area (Å²) in [5.74, 6) is 1.37. The van der Waals surface area contributed by atoms with Crippen molar-refractivity contribution in [2.24, 2.45) is 0 Å². The lowest BCUT2D eigenvalue weighted by molar-refractivity contribution is -0.126. The molecule has 1 aliphatic rings. The summed E-state index contributed by atoms with van der Waals surface area (Å²) in [5, 5.41) is 6.75. The number of amides is 1. The van der Waals surface area contributed by atoms with Crippen molar-refractivity contribution in [3.05, 3.63) is 24.4 Å². The maximum atomic E-state index is 11.9. The van der Waals surface area contributed by atoms with Gasteiger partial charge in [-0.25, -0.2) is 0 Å². The van der Waals surface area contributed by atoms with E-state index in [1.807, 2.05) is 6.92 Å². The van der Waals surface area contributed by atoms with Crippen molar-refractivity contribution in [2.75, 3.05) is 32.7 Å². The second-order valence-corrected chi connectivity index (χ2v) is 5.25. The van der Waals surface area contributed by atoms with Gasteiger partial charge in [-0.15, -0.1) is 6.58 Å². The number of piperazine rings is 1. The Kier molecular flexibility index (Phi) is 5.46. The van der Waals surface area contributed by atoms with Crippen LogP contribution in [-0.4, -0.2) is 64.6 Å². The van der Waals surface area contributed by atoms with Crippen LogP contribution in [0.25, 0.3) is 0 Å². The lowest BCUT2D eigenvalue weighted by Gasteiger charge is -2.36. The van der Waals surface area contributed by atoms with Gasteiger partial charge in [0.15, 0.2) is 5.82 Å². The molecule has 0 radical (unpaired) electrons. The first-order valence-corrected chi connectivity index (χ1v) is 7.24. The van der Waals surface area contributed by atoms with Crippen LogP contribution < -0.4 is 5.32 Å². The maximum Gasteiger partial charge on any atom is 0.237 e. The zero-order chi connectivity index (χ0) is 15.2. The zero-order valence-corrected chi connectivity index (χ0v) is 12.7. The Labute approximate surface area is 125 Å². The number of aromatic nitrogens is 2. The number of carbonyl (C=O) groups excluding carboxylic acids is 1. The molecule has 21 heavy (non-hydrogen) atoms. The van der Waals surface area contributed by atoms with Crippen LogP contribution in [0.15, 0.2) is 17.2 Å². The van der Waals surface area contributed by atoms with Crippen molar-refractivity contribution in [1.29, 1.82) is 0 Å². The molecule has 1 fully saturated rings. The molecule has 0 spiro atoms. The third-order valence-electron chi connectivity index (χ3n) is 3.69. The molecule has 1 atom stereocenters. The summed E-state index contributed by atoms with van der Waals surface area (Å²) < 4.78 is 4.98. The monoisotopic (exact) mass is 293 g/mol. The fraction of sp³-hybridized carbons (Fsp3) is 0.643. The molecule has 7 heteroatoms. The zero-order valence-electron chi connectivity index (χ0n) is 12.7. The summed E-state index contributed by atoms with van der Waals surface area (Å²) >= 11 is 0. The second-order valence-electron chi connectivity index (χ2n) is 5.25. The Hall–Kier alpha value is -1.73. The fourth-order valence-corrected chi connectivity index (χ4v) is 2.40. The summed E-state index contributed by atoms with van der Waals surface area (Å²) in [5.41, 5.74) is 0. The van der Waals surface area contributed by atoms with Crippen molar-refractivity contribution in [1.82, 2.24) is 25.3 Å². The number of hydrogen-bond acceptors (Lipinski definition) is 6. The Morgan fingerprint density at radius 2 is 2.19 bits per heavy atom. The van der Waals surface area contributed by atoms with Gasteiger partial charge in [-0.05, 0) is 6.92 Å². The average molecular weight is 293 g/mol. The third-order valence-corrected chi connectivity index (χ3v) is 3.69. The van der Waals surface area contributed by atoms with Crippen LogP contribution >= 0.6 is 0 Å². The second kappa shape index (κ2) is 7.33. The van der Waals surface area contributed by atoms with Gasteiger partial charge in [0.1, 0.15) is 0 Å². The van der Waals surface area contributed by atoms with Crippen LogP contribution in [0.5, 0.6) is 0 Å². The lowest BCUT2D eigenvalue weighted by Crippen LogP contribution is -2.53. The highest BCUT2D eigenvalue weighted by Crippen LogP contribution is 2.09. The molecular weight excluding hydrogens is 270 g/mol. The number of rotatable bonds is 6. The molecule has 0 aliphatic carbocycles. The molecule has 0 aromatic carbocycles. The van der Waals surface area contributed by atoms with E-state index in [2.05, 4.69) is 31.8 Å². The Morgan fingerprint density at radius 1 is 1.48 bits per heavy atom. The Balaban J connectivity index is 1.77. The van der Waals surface area contributed by atoms with Crippen LogP contribution in [-0.2, 0) is 11.3 Å². The fourth-order valence-electron chi connectivity index (χ4n) is 2.40. The van der Waals surface area contributed by atoms with Gasteiger partial charge in [-0.3, -0.25) is 14.6 Å². The normalized spacial score (nSPS) is 18.4. The van der Waals surface area contributed by atoms with Crippen LogP contribution in [0.2, 0.25) is 0 Å². The summed E-state index contributed by atoms with van der Waals surface area (Å²) in [6, 6.07) is -0.112. The van der Waals surface area contributed by atoms with Crippen molar-refractivity contribution in [2.45, 2.75) is 26.4 Å². The van der Waals surface area contributed by atoms with Gasteiger partial charge >= 0.3 is 0 Å². The average Bonchev–Trinajstić information content (AvgIpc) is 2.90. The molecule has 1 aliphatic heterocycles. The minimum Gasteiger partial charge on any atom is -0.351 e. The highest BCUT2D eigenvalue weighted by Gasteiger charge is 2.25. The molecule has 116 valence electrons. The van der Waals surface area contributed by atoms with Gasteiger partial charge in [-0.2, -0.15) is 4.98 Å². The number of nitrogens with zero attached hydrogens (tertiary/aromatic N) is 4. The van der Waals surface area contributed by atoms with Gasteiger partial charge < -0.3 is 9.84 Å². The quantitative estimate of drug-likeness (QED) is 0.755. The van der Waals surface area contributed by atoms with Crippen LogP contribution in [0.4, 0.5) is 0 Å². The van der Waals surface area contributed by atoms with Crippen LogP contribution in [0.1, 0.15) is 18.6 Å². The Morgan fingerprint density at radius 3 is 2.76 bits per heavy atom. The number of nitrogens with one attached hydrogen (secondary N) is 1. The van der Waals surface area contributed by atoms with E-state index in [4.69, 9.17) is 4.52 Å². The highest BCUT2D eigenvalue weighted by molar-refractivity contribution is 5.81. The smallest absolute Gasteiger partial charge is 0.237 e. The first-order valence-electron chi connectivity index (χ1n) is 7.24. The van der Waals surface area contributed by atoms with Crippen LogP contribution in [0.3, 0.4) is 0 Å². The summed E-state index contributed by atoms with van der Waals surface area (Å²) in [6.45, 7) is 12.1. The Bertz CT molecular complexity index is 479. The van der Waals surface area contributed by atoms with Gasteiger partial charge in [0.05, 0.1) is 12.6 Å². The van der Waals surface area contributed by atoms with Gasteiger partial charge in [0.25, 0.3) is 0 Å². The molecule has 0 saturated carbocycles. The largest absolute Gasteiger partial charge is 0.351 e. The van der Waals surface area contributed by atoms with E-state index in [-0.39, 0.29) is 11.9 Å².